The molecular weight excluding hydrogens is 328 g/mol. The molecule has 0 bridgehead atoms. The van der Waals surface area contributed by atoms with Crippen LogP contribution in [-0.2, 0) is 14.2 Å². The third-order valence-electron chi connectivity index (χ3n) is 4.14. The number of aryl methyl sites for hydroxylation is 1. The van der Waals surface area contributed by atoms with Crippen LogP contribution in [0, 0.1) is 12.3 Å². The number of methoxy groups -OCH3 is 1. The first kappa shape index (κ1) is 19.8. The first-order valence-corrected chi connectivity index (χ1v) is 8.40. The topological polar surface area (TPSA) is 103 Å². The molecule has 1 fully saturated rings. The molecule has 1 aliphatic rings. The van der Waals surface area contributed by atoms with Crippen molar-refractivity contribution in [2.24, 2.45) is 5.41 Å². The summed E-state index contributed by atoms with van der Waals surface area (Å²) in [6.07, 6.45) is -0.874. The van der Waals surface area contributed by atoms with E-state index in [4.69, 9.17) is 14.2 Å². The third-order valence-corrected chi connectivity index (χ3v) is 4.14. The van der Waals surface area contributed by atoms with E-state index in [2.05, 4.69) is 4.98 Å². The van der Waals surface area contributed by atoms with Crippen molar-refractivity contribution >= 4 is 0 Å². The molecule has 1 aliphatic heterocycles. The average molecular weight is 356 g/mol. The minimum Gasteiger partial charge on any atom is -0.388 e. The van der Waals surface area contributed by atoms with Crippen LogP contribution in [0.1, 0.15) is 39.0 Å². The summed E-state index contributed by atoms with van der Waals surface area (Å²) in [6.45, 7) is 8.37. The number of aromatic amines is 1. The van der Waals surface area contributed by atoms with Gasteiger partial charge in [-0.15, -0.1) is 0 Å². The summed E-state index contributed by atoms with van der Waals surface area (Å²) in [5, 5.41) is 10.7. The van der Waals surface area contributed by atoms with E-state index < -0.39 is 35.8 Å². The molecule has 142 valence electrons. The van der Waals surface area contributed by atoms with Gasteiger partial charge in [0.2, 0.25) is 0 Å². The Morgan fingerprint density at radius 2 is 2.00 bits per heavy atom. The number of rotatable bonds is 6. The van der Waals surface area contributed by atoms with Gasteiger partial charge in [0.05, 0.1) is 19.3 Å². The normalized spacial score (nSPS) is 27.0. The lowest BCUT2D eigenvalue weighted by Gasteiger charge is -2.24. The molecule has 8 heteroatoms. The maximum Gasteiger partial charge on any atom is 0.330 e. The van der Waals surface area contributed by atoms with Crippen molar-refractivity contribution in [2.45, 2.75) is 58.7 Å². The second-order valence-electron chi connectivity index (χ2n) is 7.63. The Morgan fingerprint density at radius 3 is 2.60 bits per heavy atom. The summed E-state index contributed by atoms with van der Waals surface area (Å²) in [4.78, 5) is 26.1. The molecule has 1 unspecified atom stereocenters. The lowest BCUT2D eigenvalue weighted by atomic mass is 9.87. The number of hydrogen-bond donors (Lipinski definition) is 2. The van der Waals surface area contributed by atoms with Gasteiger partial charge in [0.25, 0.3) is 5.56 Å². The van der Waals surface area contributed by atoms with E-state index in [1.54, 1.807) is 14.0 Å². The highest BCUT2D eigenvalue weighted by Crippen LogP contribution is 2.36. The largest absolute Gasteiger partial charge is 0.388 e. The van der Waals surface area contributed by atoms with E-state index in [-0.39, 0.29) is 12.0 Å². The molecule has 25 heavy (non-hydrogen) atoms. The van der Waals surface area contributed by atoms with Crippen LogP contribution < -0.4 is 11.2 Å². The van der Waals surface area contributed by atoms with E-state index in [0.29, 0.717) is 18.6 Å². The molecule has 0 spiro atoms. The van der Waals surface area contributed by atoms with Crippen molar-refractivity contribution in [3.05, 3.63) is 32.6 Å². The summed E-state index contributed by atoms with van der Waals surface area (Å²) in [7, 11) is 1.56. The van der Waals surface area contributed by atoms with Crippen LogP contribution in [0.15, 0.2) is 15.8 Å². The highest BCUT2D eigenvalue weighted by molar-refractivity contribution is 5.03. The summed E-state index contributed by atoms with van der Waals surface area (Å²) < 4.78 is 18.0. The van der Waals surface area contributed by atoms with Gasteiger partial charge in [-0.05, 0) is 18.8 Å². The van der Waals surface area contributed by atoms with Crippen LogP contribution in [0.2, 0.25) is 0 Å². The SMILES string of the molecule is COCCOC1[C@@H](O)[C@@H](CC(C)(C)C)O[C@H]1n1cc(C)c(=O)[nH]c1=O. The molecule has 0 saturated carbocycles. The van der Waals surface area contributed by atoms with Crippen molar-refractivity contribution in [1.29, 1.82) is 0 Å². The Labute approximate surface area is 146 Å². The molecule has 2 rings (SSSR count). The van der Waals surface area contributed by atoms with Crippen molar-refractivity contribution in [3.63, 3.8) is 0 Å². The first-order chi connectivity index (χ1) is 11.6. The van der Waals surface area contributed by atoms with Gasteiger partial charge in [-0.1, -0.05) is 20.8 Å². The number of aromatic nitrogens is 2. The number of nitrogens with zero attached hydrogens (tertiary/aromatic N) is 1. The molecule has 0 radical (unpaired) electrons. The minimum absolute atomic E-state index is 0.0660. The number of H-pyrrole nitrogens is 1. The van der Waals surface area contributed by atoms with Crippen molar-refractivity contribution < 1.29 is 19.3 Å². The number of aliphatic hydroxyl groups is 1. The molecule has 1 aromatic heterocycles. The van der Waals surface area contributed by atoms with E-state index in [9.17, 15) is 14.7 Å². The van der Waals surface area contributed by atoms with Crippen LogP contribution >= 0.6 is 0 Å². The Morgan fingerprint density at radius 1 is 1.32 bits per heavy atom. The van der Waals surface area contributed by atoms with Gasteiger partial charge >= 0.3 is 5.69 Å². The lowest BCUT2D eigenvalue weighted by molar-refractivity contribution is -0.0811. The smallest absolute Gasteiger partial charge is 0.330 e. The highest BCUT2D eigenvalue weighted by atomic mass is 16.6. The lowest BCUT2D eigenvalue weighted by Crippen LogP contribution is -2.40. The van der Waals surface area contributed by atoms with Gasteiger partial charge in [0, 0.05) is 18.9 Å². The monoisotopic (exact) mass is 356 g/mol. The third kappa shape index (κ3) is 4.78. The summed E-state index contributed by atoms with van der Waals surface area (Å²) >= 11 is 0. The summed E-state index contributed by atoms with van der Waals surface area (Å²) in [5.74, 6) is 0. The molecule has 4 atom stereocenters. The van der Waals surface area contributed by atoms with Gasteiger partial charge in [-0.2, -0.15) is 0 Å². The first-order valence-electron chi connectivity index (χ1n) is 8.40. The van der Waals surface area contributed by atoms with Gasteiger partial charge in [0.1, 0.15) is 12.2 Å². The van der Waals surface area contributed by atoms with Gasteiger partial charge in [0.15, 0.2) is 6.23 Å². The summed E-state index contributed by atoms with van der Waals surface area (Å²) in [5.41, 5.74) is -0.719. The minimum atomic E-state index is -0.889. The molecule has 0 aromatic carbocycles. The molecule has 1 saturated heterocycles. The van der Waals surface area contributed by atoms with Crippen LogP contribution in [0.4, 0.5) is 0 Å². The fraction of sp³-hybridized carbons (Fsp3) is 0.765. The van der Waals surface area contributed by atoms with Gasteiger partial charge in [-0.25, -0.2) is 4.79 Å². The van der Waals surface area contributed by atoms with E-state index >= 15 is 0 Å². The molecule has 2 N–H and O–H groups in total. The van der Waals surface area contributed by atoms with Crippen molar-refractivity contribution in [1.82, 2.24) is 9.55 Å². The maximum atomic E-state index is 12.2. The van der Waals surface area contributed by atoms with Crippen molar-refractivity contribution in [3.8, 4) is 0 Å². The number of aliphatic hydroxyl groups excluding tert-OH is 1. The van der Waals surface area contributed by atoms with Crippen LogP contribution in [0.25, 0.3) is 0 Å². The highest BCUT2D eigenvalue weighted by Gasteiger charge is 2.46. The molecule has 8 nitrogen and oxygen atoms in total. The van der Waals surface area contributed by atoms with Crippen LogP contribution in [-0.4, -0.2) is 53.3 Å². The molecular formula is C17H28N2O6. The molecule has 0 amide bonds. The van der Waals surface area contributed by atoms with E-state index in [0.717, 1.165) is 0 Å². The maximum absolute atomic E-state index is 12.2. The van der Waals surface area contributed by atoms with E-state index in [1.807, 2.05) is 20.8 Å². The fourth-order valence-electron chi connectivity index (χ4n) is 2.94. The van der Waals surface area contributed by atoms with Gasteiger partial charge < -0.3 is 19.3 Å². The Bertz CT molecular complexity index is 690. The Balaban J connectivity index is 2.33. The van der Waals surface area contributed by atoms with E-state index in [1.165, 1.54) is 10.8 Å². The average Bonchev–Trinajstić information content (AvgIpc) is 2.78. The zero-order valence-electron chi connectivity index (χ0n) is 15.4. The summed E-state index contributed by atoms with van der Waals surface area (Å²) in [6, 6.07) is 0. The quantitative estimate of drug-likeness (QED) is 0.723. The molecule has 0 aliphatic carbocycles. The number of ether oxygens (including phenoxy) is 3. The Kier molecular flexibility index (Phi) is 6.21. The number of hydrogen-bond acceptors (Lipinski definition) is 6. The second-order valence-corrected chi connectivity index (χ2v) is 7.63. The van der Waals surface area contributed by atoms with Gasteiger partial charge in [-0.3, -0.25) is 14.3 Å². The van der Waals surface area contributed by atoms with Crippen LogP contribution in [0.3, 0.4) is 0 Å². The van der Waals surface area contributed by atoms with Crippen LogP contribution in [0.5, 0.6) is 0 Å². The zero-order chi connectivity index (χ0) is 18.8. The predicted octanol–water partition coefficient (Wildman–Crippen LogP) is 0.571. The predicted molar refractivity (Wildman–Crippen MR) is 91.7 cm³/mol. The zero-order valence-corrected chi connectivity index (χ0v) is 15.4. The second kappa shape index (κ2) is 7.82. The molecule has 2 heterocycles. The molecule has 1 aromatic rings. The Hall–Kier alpha value is -1.48. The van der Waals surface area contributed by atoms with Crippen molar-refractivity contribution in [2.75, 3.05) is 20.3 Å². The fourth-order valence-corrected chi connectivity index (χ4v) is 2.94. The number of nitrogens with one attached hydrogen (secondary N) is 1. The standard InChI is InChI=1S/C17H28N2O6/c1-10-9-19(16(22)18-14(10)21)15-13(24-7-6-23-5)12(20)11(25-15)8-17(2,3)4/h9,11-13,15,20H,6-8H2,1-5H3,(H,18,21,22)/t11-,12+,13?,15-/m1/s1.